The molecule has 1 atom stereocenters. The lowest BCUT2D eigenvalue weighted by atomic mass is 10.2. The van der Waals surface area contributed by atoms with E-state index in [9.17, 15) is 9.59 Å². The predicted molar refractivity (Wildman–Crippen MR) is 65.6 cm³/mol. The van der Waals surface area contributed by atoms with Gasteiger partial charge in [0.25, 0.3) is 0 Å². The minimum absolute atomic E-state index is 0.0817. The maximum Gasteiger partial charge on any atom is 0.326 e. The zero-order valence-electron chi connectivity index (χ0n) is 9.74. The van der Waals surface area contributed by atoms with Crippen LogP contribution in [-0.4, -0.2) is 28.0 Å². The molecule has 0 saturated heterocycles. The number of carboxylic acids is 1. The summed E-state index contributed by atoms with van der Waals surface area (Å²) in [4.78, 5) is 26.4. The van der Waals surface area contributed by atoms with Crippen molar-refractivity contribution >= 4 is 18.0 Å². The van der Waals surface area contributed by atoms with E-state index in [4.69, 9.17) is 5.11 Å². The van der Waals surface area contributed by atoms with Crippen LogP contribution in [0.5, 0.6) is 0 Å². The van der Waals surface area contributed by atoms with Gasteiger partial charge >= 0.3 is 5.97 Å². The van der Waals surface area contributed by atoms with E-state index in [1.807, 2.05) is 6.07 Å². The van der Waals surface area contributed by atoms with Gasteiger partial charge in [-0.2, -0.15) is 0 Å². The summed E-state index contributed by atoms with van der Waals surface area (Å²) in [6.07, 6.45) is 7.93. The maximum absolute atomic E-state index is 11.6. The molecule has 2 N–H and O–H groups in total. The summed E-state index contributed by atoms with van der Waals surface area (Å²) in [5.41, 5.74) is 0.797. The molecular weight excluding hydrogens is 232 g/mol. The lowest BCUT2D eigenvalue weighted by Crippen LogP contribution is -2.41. The second-order valence-corrected chi connectivity index (χ2v) is 4.28. The number of carbonyl (C=O) groups is 2. The number of aromatic nitrogens is 1. The molecule has 5 heteroatoms. The Bertz CT molecular complexity index is 466. The third-order valence-corrected chi connectivity index (χ3v) is 2.77. The summed E-state index contributed by atoms with van der Waals surface area (Å²) in [5.74, 6) is -1.28. The Hall–Kier alpha value is -2.17. The Balaban J connectivity index is 1.92. The van der Waals surface area contributed by atoms with E-state index in [0.717, 1.165) is 18.4 Å². The number of nitrogens with one attached hydrogen (secondary N) is 1. The molecule has 0 aliphatic heterocycles. The molecule has 1 heterocycles. The van der Waals surface area contributed by atoms with Gasteiger partial charge in [0.05, 0.1) is 0 Å². The van der Waals surface area contributed by atoms with Gasteiger partial charge < -0.3 is 10.4 Å². The number of hydrogen-bond acceptors (Lipinski definition) is 3. The molecule has 1 fully saturated rings. The third-order valence-electron chi connectivity index (χ3n) is 2.77. The van der Waals surface area contributed by atoms with E-state index in [1.54, 1.807) is 24.5 Å². The number of pyridine rings is 1. The Morgan fingerprint density at radius 1 is 1.50 bits per heavy atom. The van der Waals surface area contributed by atoms with Crippen molar-refractivity contribution in [1.82, 2.24) is 10.3 Å². The van der Waals surface area contributed by atoms with Crippen molar-refractivity contribution in [2.45, 2.75) is 18.9 Å². The van der Waals surface area contributed by atoms with E-state index >= 15 is 0 Å². The molecule has 1 saturated carbocycles. The average Bonchev–Trinajstić information content (AvgIpc) is 3.18. The van der Waals surface area contributed by atoms with Gasteiger partial charge in [-0.05, 0) is 36.5 Å². The van der Waals surface area contributed by atoms with Gasteiger partial charge in [0.15, 0.2) is 0 Å². The molecule has 2 rings (SSSR count). The predicted octanol–water partition coefficient (Wildman–Crippen LogP) is 1.07. The van der Waals surface area contributed by atoms with Gasteiger partial charge in [0.2, 0.25) is 5.91 Å². The summed E-state index contributed by atoms with van der Waals surface area (Å²) in [7, 11) is 0. The van der Waals surface area contributed by atoms with E-state index in [2.05, 4.69) is 10.3 Å². The number of hydrogen-bond donors (Lipinski definition) is 2. The molecule has 0 spiro atoms. The highest BCUT2D eigenvalue weighted by atomic mass is 16.4. The normalized spacial score (nSPS) is 16.4. The van der Waals surface area contributed by atoms with Crippen LogP contribution in [0.3, 0.4) is 0 Å². The fourth-order valence-corrected chi connectivity index (χ4v) is 1.66. The molecule has 1 aromatic heterocycles. The van der Waals surface area contributed by atoms with Crippen molar-refractivity contribution in [3.05, 3.63) is 36.2 Å². The van der Waals surface area contributed by atoms with Crippen molar-refractivity contribution < 1.29 is 14.7 Å². The van der Waals surface area contributed by atoms with E-state index < -0.39 is 17.9 Å². The molecule has 1 amide bonds. The van der Waals surface area contributed by atoms with Crippen LogP contribution < -0.4 is 5.32 Å². The van der Waals surface area contributed by atoms with Crippen LogP contribution >= 0.6 is 0 Å². The first-order valence-electron chi connectivity index (χ1n) is 5.78. The van der Waals surface area contributed by atoms with Crippen LogP contribution in [0.1, 0.15) is 18.4 Å². The maximum atomic E-state index is 11.6. The Kier molecular flexibility index (Phi) is 3.72. The van der Waals surface area contributed by atoms with Crippen LogP contribution in [0.2, 0.25) is 0 Å². The molecule has 0 aromatic carbocycles. The molecule has 1 aliphatic carbocycles. The number of carboxylic acid groups (broad SMARTS) is 1. The highest BCUT2D eigenvalue weighted by molar-refractivity contribution is 5.94. The topological polar surface area (TPSA) is 79.3 Å². The van der Waals surface area contributed by atoms with Crippen molar-refractivity contribution in [3.63, 3.8) is 0 Å². The van der Waals surface area contributed by atoms with Crippen molar-refractivity contribution in [3.8, 4) is 0 Å². The smallest absolute Gasteiger partial charge is 0.326 e. The quantitative estimate of drug-likeness (QED) is 0.762. The fourth-order valence-electron chi connectivity index (χ4n) is 1.66. The van der Waals surface area contributed by atoms with Gasteiger partial charge in [-0.1, -0.05) is 6.07 Å². The number of nitrogens with zero attached hydrogens (tertiary/aromatic N) is 1. The first kappa shape index (κ1) is 12.3. The summed E-state index contributed by atoms with van der Waals surface area (Å²) in [6, 6.07) is 2.81. The lowest BCUT2D eigenvalue weighted by Gasteiger charge is -2.11. The first-order chi connectivity index (χ1) is 8.66. The molecule has 1 unspecified atom stereocenters. The summed E-state index contributed by atoms with van der Waals surface area (Å²) in [6.45, 7) is 0. The summed E-state index contributed by atoms with van der Waals surface area (Å²) < 4.78 is 0. The minimum atomic E-state index is -0.972. The zero-order chi connectivity index (χ0) is 13.0. The van der Waals surface area contributed by atoms with Gasteiger partial charge in [-0.15, -0.1) is 0 Å². The van der Waals surface area contributed by atoms with Crippen LogP contribution in [0.15, 0.2) is 30.6 Å². The van der Waals surface area contributed by atoms with Crippen LogP contribution in [0.25, 0.3) is 6.08 Å². The molecule has 5 nitrogen and oxygen atoms in total. The number of carbonyl (C=O) groups excluding carboxylic acids is 1. The molecule has 0 bridgehead atoms. The summed E-state index contributed by atoms with van der Waals surface area (Å²) >= 11 is 0. The second kappa shape index (κ2) is 5.44. The Morgan fingerprint density at radius 2 is 2.28 bits per heavy atom. The molecule has 1 aromatic rings. The SMILES string of the molecule is O=C(C=Cc1cccnc1)NC(C(=O)O)C1CC1. The van der Waals surface area contributed by atoms with Crippen LogP contribution in [0.4, 0.5) is 0 Å². The number of rotatable bonds is 5. The monoisotopic (exact) mass is 246 g/mol. The molecule has 18 heavy (non-hydrogen) atoms. The molecule has 94 valence electrons. The van der Waals surface area contributed by atoms with E-state index in [0.29, 0.717) is 0 Å². The Morgan fingerprint density at radius 3 is 2.83 bits per heavy atom. The minimum Gasteiger partial charge on any atom is -0.480 e. The Labute approximate surface area is 105 Å². The largest absolute Gasteiger partial charge is 0.480 e. The van der Waals surface area contributed by atoms with Crippen LogP contribution in [0, 0.1) is 5.92 Å². The zero-order valence-corrected chi connectivity index (χ0v) is 9.74. The highest BCUT2D eigenvalue weighted by Crippen LogP contribution is 2.32. The molecule has 0 radical (unpaired) electrons. The van der Waals surface area contributed by atoms with Crippen molar-refractivity contribution in [2.75, 3.05) is 0 Å². The van der Waals surface area contributed by atoms with Crippen molar-refractivity contribution in [1.29, 1.82) is 0 Å². The number of aliphatic carboxylic acids is 1. The lowest BCUT2D eigenvalue weighted by molar-refractivity contribution is -0.141. The van der Waals surface area contributed by atoms with E-state index in [-0.39, 0.29) is 5.92 Å². The average molecular weight is 246 g/mol. The van der Waals surface area contributed by atoms with Crippen molar-refractivity contribution in [2.24, 2.45) is 5.92 Å². The second-order valence-electron chi connectivity index (χ2n) is 4.28. The van der Waals surface area contributed by atoms with Gasteiger partial charge in [0.1, 0.15) is 6.04 Å². The van der Waals surface area contributed by atoms with Gasteiger partial charge in [-0.3, -0.25) is 9.78 Å². The van der Waals surface area contributed by atoms with E-state index in [1.165, 1.54) is 6.08 Å². The molecular formula is C13H14N2O3. The number of amides is 1. The molecule has 1 aliphatic rings. The fraction of sp³-hybridized carbons (Fsp3) is 0.308. The van der Waals surface area contributed by atoms with Crippen LogP contribution in [-0.2, 0) is 9.59 Å². The standard InChI is InChI=1S/C13H14N2O3/c16-11(6-3-9-2-1-7-14-8-9)15-12(13(17)18)10-4-5-10/h1-3,6-8,10,12H,4-5H2,(H,15,16)(H,17,18). The highest BCUT2D eigenvalue weighted by Gasteiger charge is 2.36. The van der Waals surface area contributed by atoms with Gasteiger partial charge in [0, 0.05) is 18.5 Å². The summed E-state index contributed by atoms with van der Waals surface area (Å²) in [5, 5.41) is 11.5. The van der Waals surface area contributed by atoms with Gasteiger partial charge in [-0.25, -0.2) is 4.79 Å². The first-order valence-corrected chi connectivity index (χ1v) is 5.78. The third kappa shape index (κ3) is 3.41.